The number of nitrogens with one attached hydrogen (secondary N) is 1. The van der Waals surface area contributed by atoms with E-state index in [0.717, 1.165) is 13.1 Å². The maximum Gasteiger partial charge on any atom is 0.327 e. The fourth-order valence-corrected chi connectivity index (χ4v) is 6.50. The number of benzene rings is 1. The van der Waals surface area contributed by atoms with Crippen LogP contribution in [-0.4, -0.2) is 89.3 Å². The van der Waals surface area contributed by atoms with Crippen molar-refractivity contribution in [3.8, 4) is 11.5 Å². The first-order chi connectivity index (χ1) is 14.3. The highest BCUT2D eigenvalue weighted by molar-refractivity contribution is 8.01. The van der Waals surface area contributed by atoms with E-state index in [1.807, 2.05) is 7.05 Å². The van der Waals surface area contributed by atoms with Crippen molar-refractivity contribution in [1.82, 2.24) is 15.1 Å². The monoisotopic (exact) mass is 435 g/mol. The van der Waals surface area contributed by atoms with E-state index in [0.29, 0.717) is 24.3 Å². The number of likely N-dealkylation sites (tertiary alicyclic amines) is 1. The molecular weight excluding hydrogens is 410 g/mol. The predicted octanol–water partition coefficient (Wildman–Crippen LogP) is 0.635. The third-order valence-corrected chi connectivity index (χ3v) is 8.06. The molecule has 1 aromatic rings. The van der Waals surface area contributed by atoms with Crippen molar-refractivity contribution in [3.63, 3.8) is 0 Å². The first kappa shape index (κ1) is 20.8. The van der Waals surface area contributed by atoms with Crippen LogP contribution < -0.4 is 14.8 Å². The molecule has 2 N–H and O–H groups in total. The maximum atomic E-state index is 13.0. The Morgan fingerprint density at radius 3 is 2.33 bits per heavy atom. The molecule has 1 spiro atoms. The number of aliphatic carboxylic acids is 1. The van der Waals surface area contributed by atoms with Gasteiger partial charge in [0.2, 0.25) is 5.91 Å². The lowest BCUT2D eigenvalue weighted by atomic mass is 9.85. The van der Waals surface area contributed by atoms with Crippen molar-refractivity contribution >= 4 is 29.5 Å². The molecule has 4 rings (SSSR count). The third kappa shape index (κ3) is 3.09. The minimum atomic E-state index is -0.987. The van der Waals surface area contributed by atoms with E-state index in [1.54, 1.807) is 18.2 Å². The Balaban J connectivity index is 1.57. The Hall–Kier alpha value is -2.46. The molecule has 2 unspecified atom stereocenters. The minimum absolute atomic E-state index is 0.209. The van der Waals surface area contributed by atoms with Crippen LogP contribution in [0.25, 0.3) is 0 Å². The zero-order valence-electron chi connectivity index (χ0n) is 17.1. The van der Waals surface area contributed by atoms with E-state index in [4.69, 9.17) is 9.47 Å². The second-order valence-corrected chi connectivity index (χ2v) is 9.38. The number of amides is 2. The van der Waals surface area contributed by atoms with E-state index in [1.165, 1.54) is 30.9 Å². The van der Waals surface area contributed by atoms with Crippen LogP contribution in [-0.2, 0) is 9.59 Å². The lowest BCUT2D eigenvalue weighted by Gasteiger charge is -2.44. The van der Waals surface area contributed by atoms with Gasteiger partial charge >= 0.3 is 5.97 Å². The first-order valence-electron chi connectivity index (χ1n) is 9.76. The molecule has 3 heterocycles. The van der Waals surface area contributed by atoms with Gasteiger partial charge in [-0.05, 0) is 45.1 Å². The fraction of sp³-hybridized carbons (Fsp3) is 0.550. The molecule has 0 aliphatic carbocycles. The molecule has 3 saturated heterocycles. The molecule has 9 nitrogen and oxygen atoms in total. The second-order valence-electron chi connectivity index (χ2n) is 7.85. The summed E-state index contributed by atoms with van der Waals surface area (Å²) in [5.74, 6) is -1.16. The van der Waals surface area contributed by atoms with Crippen LogP contribution in [0.3, 0.4) is 0 Å². The maximum absolute atomic E-state index is 13.0. The number of carboxylic acid groups (broad SMARTS) is 1. The summed E-state index contributed by atoms with van der Waals surface area (Å²) in [5, 5.41) is 12.3. The topological polar surface area (TPSA) is 108 Å². The van der Waals surface area contributed by atoms with Crippen LogP contribution in [0.2, 0.25) is 0 Å². The number of ether oxygens (including phenoxy) is 2. The Kier molecular flexibility index (Phi) is 5.31. The zero-order chi connectivity index (χ0) is 21.6. The molecule has 0 radical (unpaired) electrons. The molecule has 0 saturated carbocycles. The van der Waals surface area contributed by atoms with Crippen LogP contribution in [0.1, 0.15) is 23.2 Å². The summed E-state index contributed by atoms with van der Waals surface area (Å²) >= 11 is 1.51. The smallest absolute Gasteiger partial charge is 0.327 e. The van der Waals surface area contributed by atoms with Crippen molar-refractivity contribution in [3.05, 3.63) is 23.8 Å². The highest BCUT2D eigenvalue weighted by Gasteiger charge is 2.67. The lowest BCUT2D eigenvalue weighted by Crippen LogP contribution is -2.71. The van der Waals surface area contributed by atoms with Crippen LogP contribution in [0.5, 0.6) is 11.5 Å². The molecule has 0 bridgehead atoms. The number of piperidine rings is 1. The van der Waals surface area contributed by atoms with Gasteiger partial charge in [0.05, 0.1) is 19.0 Å². The zero-order valence-corrected chi connectivity index (χ0v) is 17.9. The van der Waals surface area contributed by atoms with Crippen LogP contribution in [0.15, 0.2) is 18.2 Å². The van der Waals surface area contributed by atoms with E-state index in [9.17, 15) is 19.5 Å². The second kappa shape index (κ2) is 7.66. The van der Waals surface area contributed by atoms with Crippen LogP contribution in [0, 0.1) is 0 Å². The molecule has 162 valence electrons. The average molecular weight is 436 g/mol. The number of β-lactam (4-membered cyclic amide) rings is 1. The molecule has 3 aliphatic rings. The number of rotatable bonds is 5. The molecular formula is C20H25N3O6S. The summed E-state index contributed by atoms with van der Waals surface area (Å²) in [7, 11) is 4.91. The number of carbonyl (C=O) groups excluding carboxylic acids is 2. The van der Waals surface area contributed by atoms with Crippen molar-refractivity contribution in [2.24, 2.45) is 0 Å². The number of hydrogen-bond acceptors (Lipinski definition) is 7. The Labute approximate surface area is 178 Å². The number of carboxylic acids is 1. The Morgan fingerprint density at radius 1 is 1.20 bits per heavy atom. The lowest BCUT2D eigenvalue weighted by molar-refractivity contribution is -0.160. The molecule has 1 aromatic carbocycles. The normalized spacial score (nSPS) is 27.4. The summed E-state index contributed by atoms with van der Waals surface area (Å²) < 4.78 is 10.0. The van der Waals surface area contributed by atoms with Crippen molar-refractivity contribution in [2.75, 3.05) is 34.4 Å². The van der Waals surface area contributed by atoms with Crippen LogP contribution >= 0.6 is 11.8 Å². The van der Waals surface area contributed by atoms with Crippen molar-refractivity contribution < 1.29 is 29.0 Å². The number of nitrogens with zero attached hydrogens (tertiary/aromatic N) is 2. The molecule has 3 atom stereocenters. The van der Waals surface area contributed by atoms with Gasteiger partial charge in [0.25, 0.3) is 5.91 Å². The highest BCUT2D eigenvalue weighted by Crippen LogP contribution is 2.55. The number of thioether (sulfide) groups is 1. The van der Waals surface area contributed by atoms with E-state index < -0.39 is 34.1 Å². The van der Waals surface area contributed by atoms with Crippen molar-refractivity contribution in [1.29, 1.82) is 0 Å². The molecule has 2 amide bonds. The van der Waals surface area contributed by atoms with E-state index in [2.05, 4.69) is 10.2 Å². The van der Waals surface area contributed by atoms with Crippen molar-refractivity contribution in [2.45, 2.75) is 35.0 Å². The van der Waals surface area contributed by atoms with Gasteiger partial charge in [0, 0.05) is 0 Å². The number of carbonyl (C=O) groups is 3. The summed E-state index contributed by atoms with van der Waals surface area (Å²) in [5.41, 5.74) is 0.209. The number of hydrogen-bond donors (Lipinski definition) is 2. The number of methoxy groups -OCH3 is 2. The van der Waals surface area contributed by atoms with Gasteiger partial charge in [-0.1, -0.05) is 6.07 Å². The largest absolute Gasteiger partial charge is 0.496 e. The molecule has 3 aliphatic heterocycles. The summed E-state index contributed by atoms with van der Waals surface area (Å²) in [4.78, 5) is 41.5. The standard InChI is InChI=1S/C20H25N3O6S/c1-22-9-7-20(8-10-22)15(19(26)27)23-17(25)14(18(23)30-20)21-16(24)13-11(28-2)5-4-6-12(13)29-3/h4-6,14-15,18H,7-10H2,1-3H3,(H,21,24)(H,26,27)/t14?,15?,18-/m1/s1. The molecule has 10 heteroatoms. The van der Waals surface area contributed by atoms with Gasteiger partial charge < -0.3 is 29.7 Å². The summed E-state index contributed by atoms with van der Waals surface area (Å²) in [6.45, 7) is 1.56. The van der Waals surface area contributed by atoms with Gasteiger partial charge in [0.15, 0.2) is 0 Å². The SMILES string of the molecule is COc1cccc(OC)c1C(=O)NC1C(=O)N2C(C(=O)O)C3(CCN(C)CC3)S[C@H]12. The van der Waals surface area contributed by atoms with Crippen LogP contribution in [0.4, 0.5) is 0 Å². The molecule has 0 aromatic heterocycles. The minimum Gasteiger partial charge on any atom is -0.496 e. The van der Waals surface area contributed by atoms with E-state index in [-0.39, 0.29) is 11.5 Å². The first-order valence-corrected chi connectivity index (χ1v) is 10.6. The van der Waals surface area contributed by atoms with Gasteiger partial charge in [-0.25, -0.2) is 4.79 Å². The third-order valence-electron chi connectivity index (χ3n) is 6.22. The fourth-order valence-electron chi connectivity index (χ4n) is 4.60. The molecule has 30 heavy (non-hydrogen) atoms. The Bertz CT molecular complexity index is 863. The van der Waals surface area contributed by atoms with Gasteiger partial charge in [-0.15, -0.1) is 11.8 Å². The van der Waals surface area contributed by atoms with Gasteiger partial charge in [-0.2, -0.15) is 0 Å². The van der Waals surface area contributed by atoms with E-state index >= 15 is 0 Å². The number of fused-ring (bicyclic) bond motifs is 1. The highest BCUT2D eigenvalue weighted by atomic mass is 32.2. The van der Waals surface area contributed by atoms with Gasteiger partial charge in [0.1, 0.15) is 34.5 Å². The quantitative estimate of drug-likeness (QED) is 0.649. The molecule has 3 fully saturated rings. The average Bonchev–Trinajstić information content (AvgIpc) is 3.04. The Morgan fingerprint density at radius 2 is 1.80 bits per heavy atom. The predicted molar refractivity (Wildman–Crippen MR) is 110 cm³/mol. The summed E-state index contributed by atoms with van der Waals surface area (Å²) in [6.07, 6.45) is 1.37. The summed E-state index contributed by atoms with van der Waals surface area (Å²) in [6, 6.07) is 3.34. The van der Waals surface area contributed by atoms with Gasteiger partial charge in [-0.3, -0.25) is 9.59 Å².